The molecular weight excluding hydrogens is 393 g/mol. The third-order valence-electron chi connectivity index (χ3n) is 4.45. The number of tetrazole rings is 1. The maximum absolute atomic E-state index is 13.3. The van der Waals surface area contributed by atoms with Crippen LogP contribution in [0.3, 0.4) is 0 Å². The lowest BCUT2D eigenvalue weighted by Crippen LogP contribution is -2.18. The van der Waals surface area contributed by atoms with Gasteiger partial charge in [0, 0.05) is 11.4 Å². The number of aromatic nitrogens is 5. The number of benzene rings is 1. The van der Waals surface area contributed by atoms with Gasteiger partial charge >= 0.3 is 0 Å². The van der Waals surface area contributed by atoms with Gasteiger partial charge in [0.2, 0.25) is 11.1 Å². The maximum Gasteiger partial charge on any atom is 0.236 e. The topological polar surface area (TPSA) is 101 Å². The summed E-state index contributed by atoms with van der Waals surface area (Å²) in [6, 6.07) is 8.10. The van der Waals surface area contributed by atoms with Crippen molar-refractivity contribution in [1.29, 1.82) is 5.26 Å². The van der Waals surface area contributed by atoms with E-state index in [0.29, 0.717) is 22.2 Å². The zero-order valence-electron chi connectivity index (χ0n) is 16.5. The highest BCUT2D eigenvalue weighted by Gasteiger charge is 2.21. The van der Waals surface area contributed by atoms with Crippen molar-refractivity contribution in [2.45, 2.75) is 38.9 Å². The molecule has 1 amide bonds. The summed E-state index contributed by atoms with van der Waals surface area (Å²) in [6.07, 6.45) is 0. The predicted molar refractivity (Wildman–Crippen MR) is 107 cm³/mol. The van der Waals surface area contributed by atoms with E-state index < -0.39 is 0 Å². The second-order valence-electron chi connectivity index (χ2n) is 6.69. The third kappa shape index (κ3) is 4.14. The summed E-state index contributed by atoms with van der Waals surface area (Å²) in [5, 5.41) is 24.5. The van der Waals surface area contributed by atoms with Gasteiger partial charge in [-0.25, -0.2) is 9.07 Å². The lowest BCUT2D eigenvalue weighted by Gasteiger charge is -2.13. The molecule has 0 aliphatic heterocycles. The Labute approximate surface area is 171 Å². The quantitative estimate of drug-likeness (QED) is 0.622. The molecule has 0 saturated heterocycles. The summed E-state index contributed by atoms with van der Waals surface area (Å²) >= 11 is 1.21. The summed E-state index contributed by atoms with van der Waals surface area (Å²) in [5.74, 6) is -0.223. The Hall–Kier alpha value is -3.19. The van der Waals surface area contributed by atoms with E-state index in [1.54, 1.807) is 21.4 Å². The number of halogens is 1. The number of nitrogens with zero attached hydrogens (tertiary/aromatic N) is 6. The Balaban J connectivity index is 1.87. The third-order valence-corrected chi connectivity index (χ3v) is 5.39. The number of hydrogen-bond donors (Lipinski definition) is 1. The number of carbonyl (C=O) groups excluding carboxylic acids is 1. The van der Waals surface area contributed by atoms with Crippen molar-refractivity contribution in [2.75, 3.05) is 11.1 Å². The monoisotopic (exact) mass is 413 g/mol. The Morgan fingerprint density at radius 3 is 2.62 bits per heavy atom. The smallest absolute Gasteiger partial charge is 0.236 e. The van der Waals surface area contributed by atoms with Crippen LogP contribution in [0, 0.1) is 31.0 Å². The average Bonchev–Trinajstić information content (AvgIpc) is 3.25. The van der Waals surface area contributed by atoms with Crippen molar-refractivity contribution >= 4 is 23.5 Å². The number of nitrogens with one attached hydrogen (secondary N) is 1. The van der Waals surface area contributed by atoms with Gasteiger partial charge in [0.25, 0.3) is 0 Å². The standard InChI is InChI=1S/C19H20FN7OS/c1-11(2)27-19(23-24-25-27)29-10-17(28)22-18-16(9-21)12(3)13(4)26(18)15-7-5-14(20)6-8-15/h5-8,11H,10H2,1-4H3,(H,22,28). The first-order valence-corrected chi connectivity index (χ1v) is 9.90. The first-order valence-electron chi connectivity index (χ1n) is 8.92. The fourth-order valence-electron chi connectivity index (χ4n) is 2.88. The van der Waals surface area contributed by atoms with Crippen LogP contribution in [0.15, 0.2) is 29.4 Å². The van der Waals surface area contributed by atoms with Crippen molar-refractivity contribution in [2.24, 2.45) is 0 Å². The minimum Gasteiger partial charge on any atom is -0.310 e. The molecule has 3 aromatic rings. The molecule has 0 saturated carbocycles. The highest BCUT2D eigenvalue weighted by Crippen LogP contribution is 2.30. The van der Waals surface area contributed by atoms with Crippen LogP contribution in [0.4, 0.5) is 10.2 Å². The molecule has 2 aromatic heterocycles. The minimum absolute atomic E-state index is 0.0711. The molecule has 0 aliphatic carbocycles. The molecule has 1 aromatic carbocycles. The molecule has 0 spiro atoms. The molecule has 0 unspecified atom stereocenters. The van der Waals surface area contributed by atoms with E-state index in [2.05, 4.69) is 26.9 Å². The first kappa shape index (κ1) is 20.5. The van der Waals surface area contributed by atoms with Crippen molar-refractivity contribution in [3.8, 4) is 11.8 Å². The van der Waals surface area contributed by atoms with Crippen LogP contribution in [0.25, 0.3) is 5.69 Å². The van der Waals surface area contributed by atoms with Gasteiger partial charge in [-0.1, -0.05) is 11.8 Å². The molecule has 0 atom stereocenters. The Kier molecular flexibility index (Phi) is 5.98. The number of anilines is 1. The van der Waals surface area contributed by atoms with Gasteiger partial charge in [0.15, 0.2) is 0 Å². The van der Waals surface area contributed by atoms with E-state index in [-0.39, 0.29) is 23.5 Å². The molecule has 8 nitrogen and oxygen atoms in total. The van der Waals surface area contributed by atoms with E-state index >= 15 is 0 Å². The highest BCUT2D eigenvalue weighted by molar-refractivity contribution is 7.99. The molecule has 3 rings (SSSR count). The van der Waals surface area contributed by atoms with Gasteiger partial charge in [-0.3, -0.25) is 9.36 Å². The molecule has 0 fully saturated rings. The maximum atomic E-state index is 13.3. The van der Waals surface area contributed by atoms with Crippen molar-refractivity contribution in [3.63, 3.8) is 0 Å². The zero-order chi connectivity index (χ0) is 21.1. The molecule has 1 N–H and O–H groups in total. The van der Waals surface area contributed by atoms with Crippen LogP contribution in [0.1, 0.15) is 36.7 Å². The highest BCUT2D eigenvalue weighted by atomic mass is 32.2. The SMILES string of the molecule is Cc1c(C#N)c(NC(=O)CSc2nnnn2C(C)C)n(-c2ccc(F)cc2)c1C. The molecule has 0 radical (unpaired) electrons. The van der Waals surface area contributed by atoms with Crippen molar-refractivity contribution in [1.82, 2.24) is 24.8 Å². The van der Waals surface area contributed by atoms with Gasteiger partial charge in [0.05, 0.1) is 17.4 Å². The first-order chi connectivity index (χ1) is 13.8. The molecule has 150 valence electrons. The Bertz CT molecular complexity index is 1080. The lowest BCUT2D eigenvalue weighted by molar-refractivity contribution is -0.113. The summed E-state index contributed by atoms with van der Waals surface area (Å²) in [4.78, 5) is 12.6. The predicted octanol–water partition coefficient (Wildman–Crippen LogP) is 3.40. The van der Waals surface area contributed by atoms with E-state index in [9.17, 15) is 14.4 Å². The molecule has 29 heavy (non-hydrogen) atoms. The number of carbonyl (C=O) groups is 1. The minimum atomic E-state index is -0.361. The van der Waals surface area contributed by atoms with Crippen LogP contribution in [0.5, 0.6) is 0 Å². The number of amides is 1. The molecular formula is C19H20FN7OS. The van der Waals surface area contributed by atoms with E-state index in [1.165, 1.54) is 23.9 Å². The van der Waals surface area contributed by atoms with Gasteiger partial charge in [-0.2, -0.15) is 5.26 Å². The Morgan fingerprint density at radius 1 is 1.31 bits per heavy atom. The van der Waals surface area contributed by atoms with Crippen LogP contribution in [-0.4, -0.2) is 36.4 Å². The second-order valence-corrected chi connectivity index (χ2v) is 7.64. The van der Waals surface area contributed by atoms with Gasteiger partial charge < -0.3 is 5.32 Å². The van der Waals surface area contributed by atoms with Crippen LogP contribution >= 0.6 is 11.8 Å². The lowest BCUT2D eigenvalue weighted by atomic mass is 10.2. The van der Waals surface area contributed by atoms with E-state index in [4.69, 9.17) is 0 Å². The molecule has 10 heteroatoms. The summed E-state index contributed by atoms with van der Waals surface area (Å²) < 4.78 is 16.7. The van der Waals surface area contributed by atoms with E-state index in [0.717, 1.165) is 11.3 Å². The number of thioether (sulfide) groups is 1. The number of hydrogen-bond acceptors (Lipinski definition) is 6. The summed E-state index contributed by atoms with van der Waals surface area (Å²) in [6.45, 7) is 7.55. The fraction of sp³-hybridized carbons (Fsp3) is 0.316. The molecule has 0 aliphatic rings. The second kappa shape index (κ2) is 8.45. The van der Waals surface area contributed by atoms with E-state index in [1.807, 2.05) is 27.7 Å². The van der Waals surface area contributed by atoms with Crippen LogP contribution < -0.4 is 5.32 Å². The number of nitriles is 1. The molecule has 0 bridgehead atoms. The largest absolute Gasteiger partial charge is 0.310 e. The molecule has 2 heterocycles. The zero-order valence-corrected chi connectivity index (χ0v) is 17.3. The summed E-state index contributed by atoms with van der Waals surface area (Å²) in [7, 11) is 0. The van der Waals surface area contributed by atoms with Gasteiger partial charge in [0.1, 0.15) is 17.7 Å². The normalized spacial score (nSPS) is 10.9. The van der Waals surface area contributed by atoms with Gasteiger partial charge in [-0.05, 0) is 68.0 Å². The van der Waals surface area contributed by atoms with Gasteiger partial charge in [-0.15, -0.1) is 5.10 Å². The van der Waals surface area contributed by atoms with Crippen LogP contribution in [0.2, 0.25) is 0 Å². The van der Waals surface area contributed by atoms with Crippen molar-refractivity contribution in [3.05, 3.63) is 46.9 Å². The Morgan fingerprint density at radius 2 is 2.00 bits per heavy atom. The number of rotatable bonds is 6. The summed E-state index contributed by atoms with van der Waals surface area (Å²) in [5.41, 5.74) is 2.57. The van der Waals surface area contributed by atoms with Crippen molar-refractivity contribution < 1.29 is 9.18 Å². The average molecular weight is 413 g/mol. The fourth-order valence-corrected chi connectivity index (χ4v) is 3.68. The van der Waals surface area contributed by atoms with Crippen LogP contribution in [-0.2, 0) is 4.79 Å².